The van der Waals surface area contributed by atoms with Crippen molar-refractivity contribution in [2.24, 2.45) is 5.41 Å². The Kier molecular flexibility index (Phi) is 5.74. The number of thiophene rings is 1. The van der Waals surface area contributed by atoms with Crippen LogP contribution in [0.15, 0.2) is 59.6 Å². The summed E-state index contributed by atoms with van der Waals surface area (Å²) >= 11 is 1.75. The number of aromatic nitrogens is 2. The molecule has 3 aromatic rings. The van der Waals surface area contributed by atoms with Gasteiger partial charge in [0.05, 0.1) is 18.0 Å². The lowest BCUT2D eigenvalue weighted by Crippen LogP contribution is -2.53. The van der Waals surface area contributed by atoms with Crippen molar-refractivity contribution in [2.75, 3.05) is 26.2 Å². The standard InChI is InChI=1S/C24H30N4OS/c29-23-12-24(19-27(17-23)14-20-6-11-30-18-20)7-9-26(10-8-24)15-21-13-25-28(16-21)22-4-2-1-3-5-22/h1-6,11,13,16,18,23,29H,7-10,12,14-15,17,19H2. The van der Waals surface area contributed by atoms with Gasteiger partial charge in [0.2, 0.25) is 0 Å². The van der Waals surface area contributed by atoms with Gasteiger partial charge in [-0.2, -0.15) is 16.4 Å². The van der Waals surface area contributed by atoms with E-state index in [1.54, 1.807) is 11.3 Å². The Morgan fingerprint density at radius 3 is 2.60 bits per heavy atom. The van der Waals surface area contributed by atoms with Crippen molar-refractivity contribution in [3.8, 4) is 5.69 Å². The van der Waals surface area contributed by atoms with Gasteiger partial charge in [-0.15, -0.1) is 0 Å². The molecule has 1 unspecified atom stereocenters. The maximum atomic E-state index is 10.6. The number of aliphatic hydroxyl groups is 1. The molecule has 0 aliphatic carbocycles. The molecule has 0 saturated carbocycles. The van der Waals surface area contributed by atoms with E-state index in [1.165, 1.54) is 11.1 Å². The summed E-state index contributed by atoms with van der Waals surface area (Å²) in [4.78, 5) is 5.01. The monoisotopic (exact) mass is 422 g/mol. The van der Waals surface area contributed by atoms with Gasteiger partial charge in [-0.3, -0.25) is 9.80 Å². The van der Waals surface area contributed by atoms with Gasteiger partial charge < -0.3 is 5.11 Å². The molecule has 6 heteroatoms. The van der Waals surface area contributed by atoms with Gasteiger partial charge in [-0.05, 0) is 72.3 Å². The minimum absolute atomic E-state index is 0.201. The van der Waals surface area contributed by atoms with Crippen LogP contribution in [0, 0.1) is 5.41 Å². The van der Waals surface area contributed by atoms with Gasteiger partial charge in [0.25, 0.3) is 0 Å². The maximum absolute atomic E-state index is 10.6. The van der Waals surface area contributed by atoms with Gasteiger partial charge >= 0.3 is 0 Å². The van der Waals surface area contributed by atoms with E-state index >= 15 is 0 Å². The predicted octanol–water partition coefficient (Wildman–Crippen LogP) is 3.78. The Balaban J connectivity index is 1.18. The summed E-state index contributed by atoms with van der Waals surface area (Å²) in [5, 5.41) is 19.5. The molecule has 2 fully saturated rings. The van der Waals surface area contributed by atoms with Crippen LogP contribution in [0.5, 0.6) is 0 Å². The number of para-hydroxylation sites is 1. The molecule has 2 aliphatic heterocycles. The molecule has 5 rings (SSSR count). The smallest absolute Gasteiger partial charge is 0.0673 e. The average Bonchev–Trinajstić information content (AvgIpc) is 3.42. The SMILES string of the molecule is OC1CN(Cc2ccsc2)CC2(CCN(Cc3cnn(-c4ccccc4)c3)CC2)C1. The van der Waals surface area contributed by atoms with Crippen LogP contribution >= 0.6 is 11.3 Å². The number of hydrogen-bond acceptors (Lipinski definition) is 5. The zero-order chi connectivity index (χ0) is 20.4. The molecule has 158 valence electrons. The van der Waals surface area contributed by atoms with E-state index in [0.29, 0.717) is 0 Å². The summed E-state index contributed by atoms with van der Waals surface area (Å²) in [6.45, 7) is 6.01. The van der Waals surface area contributed by atoms with Crippen molar-refractivity contribution in [1.82, 2.24) is 19.6 Å². The molecule has 4 heterocycles. The highest BCUT2D eigenvalue weighted by atomic mass is 32.1. The van der Waals surface area contributed by atoms with E-state index in [-0.39, 0.29) is 11.5 Å². The van der Waals surface area contributed by atoms with Crippen molar-refractivity contribution in [3.63, 3.8) is 0 Å². The van der Waals surface area contributed by atoms with Crippen molar-refractivity contribution in [2.45, 2.75) is 38.5 Å². The number of rotatable bonds is 5. The van der Waals surface area contributed by atoms with Gasteiger partial charge in [0.15, 0.2) is 0 Å². The number of aliphatic hydroxyl groups excluding tert-OH is 1. The summed E-state index contributed by atoms with van der Waals surface area (Å²) in [6.07, 6.45) is 7.21. The molecule has 2 aromatic heterocycles. The fourth-order valence-electron chi connectivity index (χ4n) is 5.20. The lowest BCUT2D eigenvalue weighted by molar-refractivity contribution is -0.0446. The molecule has 1 atom stereocenters. The minimum Gasteiger partial charge on any atom is -0.392 e. The molecular formula is C24H30N4OS. The predicted molar refractivity (Wildman–Crippen MR) is 121 cm³/mol. The molecule has 0 amide bonds. The summed E-state index contributed by atoms with van der Waals surface area (Å²) in [5.41, 5.74) is 4.00. The Labute approximate surface area is 182 Å². The van der Waals surface area contributed by atoms with Gasteiger partial charge in [0.1, 0.15) is 0 Å². The van der Waals surface area contributed by atoms with Crippen molar-refractivity contribution in [3.05, 3.63) is 70.7 Å². The van der Waals surface area contributed by atoms with E-state index in [2.05, 4.69) is 50.1 Å². The maximum Gasteiger partial charge on any atom is 0.0673 e. The lowest BCUT2D eigenvalue weighted by atomic mass is 9.71. The Bertz CT molecular complexity index is 931. The Morgan fingerprint density at radius 1 is 1.03 bits per heavy atom. The van der Waals surface area contributed by atoms with E-state index in [0.717, 1.165) is 64.2 Å². The van der Waals surface area contributed by atoms with Crippen molar-refractivity contribution < 1.29 is 5.11 Å². The second-order valence-corrected chi connectivity index (χ2v) is 9.84. The van der Waals surface area contributed by atoms with Crippen LogP contribution in [0.2, 0.25) is 0 Å². The zero-order valence-electron chi connectivity index (χ0n) is 17.4. The molecule has 5 nitrogen and oxygen atoms in total. The topological polar surface area (TPSA) is 44.5 Å². The third-order valence-corrected chi connectivity index (χ3v) is 7.39. The second kappa shape index (κ2) is 8.63. The summed E-state index contributed by atoms with van der Waals surface area (Å²) < 4.78 is 1.96. The normalized spacial score (nSPS) is 22.5. The van der Waals surface area contributed by atoms with Crippen LogP contribution < -0.4 is 0 Å². The van der Waals surface area contributed by atoms with Crippen LogP contribution in [0.1, 0.15) is 30.4 Å². The van der Waals surface area contributed by atoms with Crippen LogP contribution in [-0.2, 0) is 13.1 Å². The fraction of sp³-hybridized carbons (Fsp3) is 0.458. The van der Waals surface area contributed by atoms with Crippen molar-refractivity contribution in [1.29, 1.82) is 0 Å². The highest BCUT2D eigenvalue weighted by molar-refractivity contribution is 7.07. The summed E-state index contributed by atoms with van der Waals surface area (Å²) in [6, 6.07) is 12.5. The molecule has 0 radical (unpaired) electrons. The quantitative estimate of drug-likeness (QED) is 0.680. The number of β-amino-alcohol motifs (C(OH)–C–C–N with tert-alkyl or cyclic N) is 1. The first-order chi connectivity index (χ1) is 14.7. The molecule has 0 bridgehead atoms. The van der Waals surface area contributed by atoms with Gasteiger partial charge in [-0.25, -0.2) is 4.68 Å². The molecule has 1 aromatic carbocycles. The Hall–Kier alpha value is -1.99. The lowest BCUT2D eigenvalue weighted by Gasteiger charge is -2.49. The first kappa shape index (κ1) is 19.9. The van der Waals surface area contributed by atoms with Crippen molar-refractivity contribution >= 4 is 11.3 Å². The number of piperidine rings is 2. The molecule has 1 N–H and O–H groups in total. The van der Waals surface area contributed by atoms with E-state index in [1.807, 2.05) is 29.1 Å². The highest BCUT2D eigenvalue weighted by Gasteiger charge is 2.41. The molecular weight excluding hydrogens is 392 g/mol. The van der Waals surface area contributed by atoms with E-state index < -0.39 is 0 Å². The minimum atomic E-state index is -0.201. The Morgan fingerprint density at radius 2 is 1.83 bits per heavy atom. The largest absolute Gasteiger partial charge is 0.392 e. The van der Waals surface area contributed by atoms with E-state index in [4.69, 9.17) is 0 Å². The third-order valence-electron chi connectivity index (χ3n) is 6.66. The van der Waals surface area contributed by atoms with Crippen LogP contribution in [0.25, 0.3) is 5.69 Å². The number of nitrogens with zero attached hydrogens (tertiary/aromatic N) is 4. The molecule has 1 spiro atoms. The molecule has 2 aliphatic rings. The van der Waals surface area contributed by atoms with Gasteiger partial charge in [-0.1, -0.05) is 18.2 Å². The van der Waals surface area contributed by atoms with Crippen LogP contribution in [0.4, 0.5) is 0 Å². The first-order valence-electron chi connectivity index (χ1n) is 10.9. The van der Waals surface area contributed by atoms with Crippen LogP contribution in [0.3, 0.4) is 0 Å². The molecule has 30 heavy (non-hydrogen) atoms. The number of likely N-dealkylation sites (tertiary alicyclic amines) is 2. The number of benzene rings is 1. The first-order valence-corrected chi connectivity index (χ1v) is 11.8. The highest BCUT2D eigenvalue weighted by Crippen LogP contribution is 2.40. The zero-order valence-corrected chi connectivity index (χ0v) is 18.2. The second-order valence-electron chi connectivity index (χ2n) is 9.06. The fourth-order valence-corrected chi connectivity index (χ4v) is 5.86. The summed E-state index contributed by atoms with van der Waals surface area (Å²) in [5.74, 6) is 0. The summed E-state index contributed by atoms with van der Waals surface area (Å²) in [7, 11) is 0. The molecule has 2 saturated heterocycles. The average molecular weight is 423 g/mol. The number of hydrogen-bond donors (Lipinski definition) is 1. The van der Waals surface area contributed by atoms with Gasteiger partial charge in [0, 0.05) is 37.9 Å². The van der Waals surface area contributed by atoms with Crippen LogP contribution in [-0.4, -0.2) is 57.0 Å². The third kappa shape index (κ3) is 4.52. The van der Waals surface area contributed by atoms with E-state index in [9.17, 15) is 5.11 Å².